The number of amides is 2. The van der Waals surface area contributed by atoms with E-state index < -0.39 is 23.7 Å². The molecule has 1 aromatic heterocycles. The molecule has 3 aromatic rings. The number of anilines is 3. The molecule has 0 bridgehead atoms. The van der Waals surface area contributed by atoms with Crippen molar-refractivity contribution in [2.45, 2.75) is 12.5 Å². The molecule has 35 heavy (non-hydrogen) atoms. The number of carbonyl (C=O) groups excluding carboxylic acids is 2. The third-order valence-electron chi connectivity index (χ3n) is 5.09. The quantitative estimate of drug-likeness (QED) is 0.418. The first-order valence-electron chi connectivity index (χ1n) is 10.2. The molecule has 2 aromatic carbocycles. The largest absolute Gasteiger partial charge is 0.497 e. The highest BCUT2D eigenvalue weighted by Gasteiger charge is 2.45. The third kappa shape index (κ3) is 5.45. The second-order valence-electron chi connectivity index (χ2n) is 7.40. The average Bonchev–Trinajstić information content (AvgIpc) is 3.05. The van der Waals surface area contributed by atoms with Crippen LogP contribution in [0, 0.1) is 5.82 Å². The second-order valence-corrected chi connectivity index (χ2v) is 8.60. The average molecular weight is 534 g/mol. The van der Waals surface area contributed by atoms with Crippen molar-refractivity contribution in [1.82, 2.24) is 9.99 Å². The molecular weight excluding hydrogens is 516 g/mol. The number of hydrazine groups is 1. The van der Waals surface area contributed by atoms with Gasteiger partial charge in [-0.05, 0) is 66.8 Å². The van der Waals surface area contributed by atoms with E-state index in [2.05, 4.69) is 15.7 Å². The van der Waals surface area contributed by atoms with Gasteiger partial charge in [-0.2, -0.15) is 0 Å². The molecule has 12 heteroatoms. The minimum Gasteiger partial charge on any atom is -0.497 e. The summed E-state index contributed by atoms with van der Waals surface area (Å²) in [6, 6.07) is 12.5. The monoisotopic (exact) mass is 533 g/mol. The zero-order valence-electron chi connectivity index (χ0n) is 18.2. The van der Waals surface area contributed by atoms with Crippen LogP contribution in [0.25, 0.3) is 0 Å². The number of nitrogens with zero attached hydrogens (tertiary/aromatic N) is 3. The topological polar surface area (TPSA) is 86.8 Å². The van der Waals surface area contributed by atoms with Crippen LogP contribution in [0.1, 0.15) is 6.42 Å². The van der Waals surface area contributed by atoms with E-state index in [1.807, 2.05) is 0 Å². The van der Waals surface area contributed by atoms with Crippen LogP contribution in [0.15, 0.2) is 60.8 Å². The van der Waals surface area contributed by atoms with E-state index in [4.69, 9.17) is 40.2 Å². The molecule has 2 amide bonds. The molecule has 1 aliphatic rings. The van der Waals surface area contributed by atoms with Gasteiger partial charge < -0.3 is 10.1 Å². The molecule has 1 saturated heterocycles. The Morgan fingerprint density at radius 2 is 1.86 bits per heavy atom. The zero-order chi connectivity index (χ0) is 25.1. The van der Waals surface area contributed by atoms with Gasteiger partial charge in [0.05, 0.1) is 29.3 Å². The summed E-state index contributed by atoms with van der Waals surface area (Å²) in [5.74, 6) is -0.554. The summed E-state index contributed by atoms with van der Waals surface area (Å²) in [7, 11) is 1.54. The molecule has 4 rings (SSSR count). The van der Waals surface area contributed by atoms with E-state index in [0.717, 1.165) is 0 Å². The van der Waals surface area contributed by atoms with E-state index >= 15 is 0 Å². The van der Waals surface area contributed by atoms with Crippen molar-refractivity contribution in [3.63, 3.8) is 0 Å². The molecule has 2 N–H and O–H groups in total. The standard InChI is InChI=1S/C23H18Cl2FN5O3S/c1-34-17-8-4-15(5-9-17)28-20(32)11-19-22(33)30(16-6-2-14(26)3-7-16)23(35)31(19)29-21-18(25)10-13(24)12-27-21/h2-10,12,19H,11H2,1H3,(H,27,29)(H,28,32)/t19-/m0/s1. The molecule has 0 saturated carbocycles. The highest BCUT2D eigenvalue weighted by Crippen LogP contribution is 2.30. The Labute approximate surface area is 215 Å². The first-order valence-corrected chi connectivity index (χ1v) is 11.4. The number of aromatic nitrogens is 1. The number of methoxy groups -OCH3 is 1. The summed E-state index contributed by atoms with van der Waals surface area (Å²) in [5, 5.41) is 4.63. The fourth-order valence-electron chi connectivity index (χ4n) is 3.40. The van der Waals surface area contributed by atoms with Crippen molar-refractivity contribution in [3.8, 4) is 5.75 Å². The van der Waals surface area contributed by atoms with Gasteiger partial charge in [0.25, 0.3) is 5.91 Å². The molecule has 8 nitrogen and oxygen atoms in total. The van der Waals surface area contributed by atoms with Crippen molar-refractivity contribution in [2.75, 3.05) is 22.8 Å². The number of ether oxygens (including phenoxy) is 1. The first-order chi connectivity index (χ1) is 16.8. The smallest absolute Gasteiger partial charge is 0.258 e. The van der Waals surface area contributed by atoms with Gasteiger partial charge in [-0.25, -0.2) is 14.4 Å². The number of hydrogen-bond donors (Lipinski definition) is 2. The van der Waals surface area contributed by atoms with E-state index in [0.29, 0.717) is 22.1 Å². The Morgan fingerprint density at radius 1 is 1.17 bits per heavy atom. The van der Waals surface area contributed by atoms with E-state index in [-0.39, 0.29) is 22.4 Å². The van der Waals surface area contributed by atoms with Gasteiger partial charge in [-0.3, -0.25) is 19.9 Å². The lowest BCUT2D eigenvalue weighted by Crippen LogP contribution is -2.42. The van der Waals surface area contributed by atoms with Crippen LogP contribution in [-0.2, 0) is 9.59 Å². The summed E-state index contributed by atoms with van der Waals surface area (Å²) in [6.07, 6.45) is 1.13. The summed E-state index contributed by atoms with van der Waals surface area (Å²) >= 11 is 17.7. The van der Waals surface area contributed by atoms with Gasteiger partial charge in [0.2, 0.25) is 11.0 Å². The van der Waals surface area contributed by atoms with Crippen LogP contribution in [-0.4, -0.2) is 40.1 Å². The lowest BCUT2D eigenvalue weighted by atomic mass is 10.1. The molecule has 0 spiro atoms. The Morgan fingerprint density at radius 3 is 2.49 bits per heavy atom. The van der Waals surface area contributed by atoms with Crippen LogP contribution in [0.2, 0.25) is 10.0 Å². The maximum absolute atomic E-state index is 13.5. The summed E-state index contributed by atoms with van der Waals surface area (Å²) in [4.78, 5) is 31.6. The zero-order valence-corrected chi connectivity index (χ0v) is 20.5. The number of nitrogens with one attached hydrogen (secondary N) is 2. The molecular formula is C23H18Cl2FN5O3S. The van der Waals surface area contributed by atoms with Crippen LogP contribution in [0.5, 0.6) is 5.75 Å². The van der Waals surface area contributed by atoms with Crippen LogP contribution in [0.3, 0.4) is 0 Å². The van der Waals surface area contributed by atoms with E-state index in [1.165, 1.54) is 46.4 Å². The molecule has 0 aliphatic carbocycles. The second kappa shape index (κ2) is 10.4. The third-order valence-corrected chi connectivity index (χ3v) is 5.96. The lowest BCUT2D eigenvalue weighted by molar-refractivity contribution is -0.124. The predicted octanol–water partition coefficient (Wildman–Crippen LogP) is 4.89. The molecule has 1 fully saturated rings. The Kier molecular flexibility index (Phi) is 7.34. The number of carbonyl (C=O) groups is 2. The van der Waals surface area contributed by atoms with Gasteiger partial charge >= 0.3 is 0 Å². The van der Waals surface area contributed by atoms with Gasteiger partial charge in [-0.15, -0.1) is 0 Å². The maximum Gasteiger partial charge on any atom is 0.258 e. The fourth-order valence-corrected chi connectivity index (χ4v) is 4.19. The van der Waals surface area contributed by atoms with Crippen LogP contribution < -0.4 is 20.4 Å². The Balaban J connectivity index is 1.60. The van der Waals surface area contributed by atoms with Gasteiger partial charge in [0, 0.05) is 11.9 Å². The predicted molar refractivity (Wildman–Crippen MR) is 136 cm³/mol. The lowest BCUT2D eigenvalue weighted by Gasteiger charge is -2.25. The number of benzene rings is 2. The van der Waals surface area contributed by atoms with Crippen LogP contribution in [0.4, 0.5) is 21.6 Å². The Hall–Kier alpha value is -3.47. The molecule has 0 radical (unpaired) electrons. The minimum absolute atomic E-state index is 0.0386. The number of rotatable bonds is 7. The Bertz CT molecular complexity index is 1280. The number of pyridine rings is 1. The highest BCUT2D eigenvalue weighted by atomic mass is 35.5. The number of thiocarbonyl (C=S) groups is 1. The molecule has 180 valence electrons. The normalized spacial score (nSPS) is 15.4. The van der Waals surface area contributed by atoms with Crippen LogP contribution >= 0.6 is 35.4 Å². The van der Waals surface area contributed by atoms with E-state index in [9.17, 15) is 14.0 Å². The maximum atomic E-state index is 13.5. The van der Waals surface area contributed by atoms with Crippen molar-refractivity contribution < 1.29 is 18.7 Å². The van der Waals surface area contributed by atoms with Crippen molar-refractivity contribution in [1.29, 1.82) is 0 Å². The summed E-state index contributed by atoms with van der Waals surface area (Å²) in [5.41, 5.74) is 3.80. The first kappa shape index (κ1) is 24.6. The molecule has 0 unspecified atom stereocenters. The number of halogens is 3. The van der Waals surface area contributed by atoms with Crippen molar-refractivity contribution >= 4 is 69.5 Å². The number of hydrogen-bond acceptors (Lipinski definition) is 6. The SMILES string of the molecule is COc1ccc(NC(=O)C[C@H]2C(=O)N(c3ccc(F)cc3)C(=S)N2Nc2ncc(Cl)cc2Cl)cc1. The van der Waals surface area contributed by atoms with Gasteiger partial charge in [-0.1, -0.05) is 23.2 Å². The molecule has 1 atom stereocenters. The molecule has 2 heterocycles. The van der Waals surface area contributed by atoms with Crippen molar-refractivity contribution in [2.24, 2.45) is 0 Å². The van der Waals surface area contributed by atoms with E-state index in [1.54, 1.807) is 31.4 Å². The van der Waals surface area contributed by atoms with Crippen molar-refractivity contribution in [3.05, 3.63) is 76.7 Å². The minimum atomic E-state index is -1.04. The highest BCUT2D eigenvalue weighted by molar-refractivity contribution is 7.80. The summed E-state index contributed by atoms with van der Waals surface area (Å²) < 4.78 is 18.6. The van der Waals surface area contributed by atoms with Gasteiger partial charge in [0.1, 0.15) is 17.6 Å². The summed E-state index contributed by atoms with van der Waals surface area (Å²) in [6.45, 7) is 0. The molecule has 1 aliphatic heterocycles. The fraction of sp³-hybridized carbons (Fsp3) is 0.130. The van der Waals surface area contributed by atoms with Gasteiger partial charge in [0.15, 0.2) is 5.82 Å².